The average molecular weight is 400 g/mol. The molecule has 1 fully saturated rings. The standard InChI is InChI=1S/C22H25FN2O4/c23-19-9-7-17(8-10-19)20(26)12-14-24-13-1-2-21(27)25(24)15-11-16-3-5-18(6-4-16)22(28)29/h3-10,20,26H,1-2,11-15H2,(H,28,29). The molecule has 2 aromatic rings. The molecule has 1 saturated heterocycles. The topological polar surface area (TPSA) is 81.1 Å². The molecule has 1 heterocycles. The van der Waals surface area contributed by atoms with Crippen LogP contribution in [-0.4, -0.2) is 51.7 Å². The molecular weight excluding hydrogens is 375 g/mol. The van der Waals surface area contributed by atoms with Crippen LogP contribution in [0.15, 0.2) is 48.5 Å². The molecule has 6 nitrogen and oxygen atoms in total. The molecule has 1 unspecified atom stereocenters. The lowest BCUT2D eigenvalue weighted by atomic mass is 10.1. The minimum atomic E-state index is -0.964. The van der Waals surface area contributed by atoms with Crippen LogP contribution in [0.2, 0.25) is 0 Å². The Morgan fingerprint density at radius 2 is 1.76 bits per heavy atom. The monoisotopic (exact) mass is 400 g/mol. The van der Waals surface area contributed by atoms with Gasteiger partial charge in [0.15, 0.2) is 0 Å². The van der Waals surface area contributed by atoms with E-state index in [1.165, 1.54) is 12.1 Å². The van der Waals surface area contributed by atoms with Crippen molar-refractivity contribution in [3.8, 4) is 0 Å². The van der Waals surface area contributed by atoms with E-state index >= 15 is 0 Å². The quantitative estimate of drug-likeness (QED) is 0.712. The summed E-state index contributed by atoms with van der Waals surface area (Å²) in [5.41, 5.74) is 1.85. The maximum atomic E-state index is 13.0. The summed E-state index contributed by atoms with van der Waals surface area (Å²) in [5.74, 6) is -1.26. The minimum Gasteiger partial charge on any atom is -0.478 e. The Morgan fingerprint density at radius 1 is 1.07 bits per heavy atom. The highest BCUT2D eigenvalue weighted by atomic mass is 19.1. The first kappa shape index (κ1) is 21.0. The normalized spacial score (nSPS) is 16.1. The molecule has 0 radical (unpaired) electrons. The van der Waals surface area contributed by atoms with Crippen molar-refractivity contribution < 1.29 is 24.2 Å². The number of halogens is 1. The summed E-state index contributed by atoms with van der Waals surface area (Å²) in [6, 6.07) is 12.4. The van der Waals surface area contributed by atoms with E-state index in [1.54, 1.807) is 41.4 Å². The maximum absolute atomic E-state index is 13.0. The molecular formula is C22H25FN2O4. The van der Waals surface area contributed by atoms with Crippen LogP contribution in [0.3, 0.4) is 0 Å². The number of nitrogens with zero attached hydrogens (tertiary/aromatic N) is 2. The highest BCUT2D eigenvalue weighted by Crippen LogP contribution is 2.20. The molecule has 0 bridgehead atoms. The lowest BCUT2D eigenvalue weighted by Gasteiger charge is -2.39. The number of aliphatic hydroxyl groups excluding tert-OH is 1. The van der Waals surface area contributed by atoms with E-state index < -0.39 is 12.1 Å². The van der Waals surface area contributed by atoms with Crippen LogP contribution in [0.4, 0.5) is 4.39 Å². The third-order valence-electron chi connectivity index (χ3n) is 5.16. The minimum absolute atomic E-state index is 0.0506. The van der Waals surface area contributed by atoms with Gasteiger partial charge in [-0.2, -0.15) is 0 Å². The first-order valence-electron chi connectivity index (χ1n) is 9.75. The van der Waals surface area contributed by atoms with Crippen LogP contribution in [-0.2, 0) is 11.2 Å². The zero-order valence-corrected chi connectivity index (χ0v) is 16.1. The molecule has 0 saturated carbocycles. The zero-order valence-electron chi connectivity index (χ0n) is 16.1. The number of benzene rings is 2. The fourth-order valence-corrected chi connectivity index (χ4v) is 3.49. The summed E-state index contributed by atoms with van der Waals surface area (Å²) < 4.78 is 13.0. The van der Waals surface area contributed by atoms with E-state index in [-0.39, 0.29) is 17.3 Å². The van der Waals surface area contributed by atoms with Gasteiger partial charge in [0.05, 0.1) is 11.7 Å². The van der Waals surface area contributed by atoms with Crippen LogP contribution in [0, 0.1) is 5.82 Å². The summed E-state index contributed by atoms with van der Waals surface area (Å²) in [7, 11) is 0. The molecule has 2 N–H and O–H groups in total. The number of aliphatic hydroxyl groups is 1. The summed E-state index contributed by atoms with van der Waals surface area (Å²) in [6.45, 7) is 1.75. The second-order valence-electron chi connectivity index (χ2n) is 7.18. The van der Waals surface area contributed by atoms with Gasteiger partial charge in [0.2, 0.25) is 5.91 Å². The smallest absolute Gasteiger partial charge is 0.335 e. The largest absolute Gasteiger partial charge is 0.478 e. The number of carboxylic acids is 1. The summed E-state index contributed by atoms with van der Waals surface area (Å²) >= 11 is 0. The molecule has 3 rings (SSSR count). The maximum Gasteiger partial charge on any atom is 0.335 e. The van der Waals surface area contributed by atoms with E-state index in [0.29, 0.717) is 37.9 Å². The lowest BCUT2D eigenvalue weighted by Crippen LogP contribution is -2.51. The van der Waals surface area contributed by atoms with E-state index in [9.17, 15) is 19.1 Å². The van der Waals surface area contributed by atoms with E-state index in [4.69, 9.17) is 5.11 Å². The Hall–Kier alpha value is -2.77. The predicted molar refractivity (Wildman–Crippen MR) is 106 cm³/mol. The Kier molecular flexibility index (Phi) is 6.95. The zero-order chi connectivity index (χ0) is 20.8. The van der Waals surface area contributed by atoms with Gasteiger partial charge in [0.1, 0.15) is 5.82 Å². The number of amides is 1. The molecule has 154 valence electrons. The van der Waals surface area contributed by atoms with Crippen molar-refractivity contribution in [2.75, 3.05) is 19.6 Å². The van der Waals surface area contributed by atoms with Crippen molar-refractivity contribution in [1.29, 1.82) is 0 Å². The van der Waals surface area contributed by atoms with Gasteiger partial charge in [-0.15, -0.1) is 0 Å². The summed E-state index contributed by atoms with van der Waals surface area (Å²) in [6.07, 6.45) is 1.59. The molecule has 1 amide bonds. The van der Waals surface area contributed by atoms with Crippen molar-refractivity contribution in [2.24, 2.45) is 0 Å². The van der Waals surface area contributed by atoms with Gasteiger partial charge < -0.3 is 10.2 Å². The number of aromatic carboxylic acids is 1. The van der Waals surface area contributed by atoms with Crippen LogP contribution < -0.4 is 0 Å². The molecule has 1 atom stereocenters. The SMILES string of the molecule is O=C(O)c1ccc(CCN2C(=O)CCCN2CCC(O)c2ccc(F)cc2)cc1. The van der Waals surface area contributed by atoms with E-state index in [2.05, 4.69) is 0 Å². The van der Waals surface area contributed by atoms with Crippen LogP contribution in [0.5, 0.6) is 0 Å². The second-order valence-corrected chi connectivity index (χ2v) is 7.18. The first-order chi connectivity index (χ1) is 13.9. The summed E-state index contributed by atoms with van der Waals surface area (Å²) in [4.78, 5) is 23.4. The Labute approximate surface area is 169 Å². The lowest BCUT2D eigenvalue weighted by molar-refractivity contribution is -0.156. The van der Waals surface area contributed by atoms with Crippen molar-refractivity contribution in [3.05, 3.63) is 71.0 Å². The van der Waals surface area contributed by atoms with Gasteiger partial charge in [-0.05, 0) is 54.7 Å². The highest BCUT2D eigenvalue weighted by molar-refractivity contribution is 5.87. The van der Waals surface area contributed by atoms with Crippen molar-refractivity contribution in [2.45, 2.75) is 31.8 Å². The third kappa shape index (κ3) is 5.62. The average Bonchev–Trinajstić information content (AvgIpc) is 2.72. The molecule has 1 aliphatic heterocycles. The molecule has 0 aliphatic carbocycles. The number of hydrogen-bond acceptors (Lipinski definition) is 4. The van der Waals surface area contributed by atoms with Gasteiger partial charge in [0, 0.05) is 26.1 Å². The van der Waals surface area contributed by atoms with Gasteiger partial charge in [0.25, 0.3) is 0 Å². The van der Waals surface area contributed by atoms with Gasteiger partial charge in [-0.1, -0.05) is 24.3 Å². The van der Waals surface area contributed by atoms with Gasteiger partial charge in [-0.25, -0.2) is 14.2 Å². The molecule has 0 aromatic heterocycles. The number of carbonyl (C=O) groups is 2. The number of hydrogen-bond donors (Lipinski definition) is 2. The second kappa shape index (κ2) is 9.62. The highest BCUT2D eigenvalue weighted by Gasteiger charge is 2.26. The van der Waals surface area contributed by atoms with Crippen LogP contribution in [0.1, 0.15) is 46.9 Å². The Morgan fingerprint density at radius 3 is 2.41 bits per heavy atom. The third-order valence-corrected chi connectivity index (χ3v) is 5.16. The Bertz CT molecular complexity index is 839. The molecule has 29 heavy (non-hydrogen) atoms. The molecule has 7 heteroatoms. The fourth-order valence-electron chi connectivity index (χ4n) is 3.49. The van der Waals surface area contributed by atoms with Gasteiger partial charge in [-0.3, -0.25) is 9.80 Å². The fraction of sp³-hybridized carbons (Fsp3) is 0.364. The predicted octanol–water partition coefficient (Wildman–Crippen LogP) is 3.03. The number of carbonyl (C=O) groups excluding carboxylic acids is 1. The first-order valence-corrected chi connectivity index (χ1v) is 9.75. The molecule has 2 aromatic carbocycles. The van der Waals surface area contributed by atoms with Crippen molar-refractivity contribution in [3.63, 3.8) is 0 Å². The number of rotatable bonds is 8. The number of carboxylic acid groups (broad SMARTS) is 1. The molecule has 1 aliphatic rings. The summed E-state index contributed by atoms with van der Waals surface area (Å²) in [5, 5.41) is 23.0. The van der Waals surface area contributed by atoms with Gasteiger partial charge >= 0.3 is 5.97 Å². The van der Waals surface area contributed by atoms with Crippen molar-refractivity contribution >= 4 is 11.9 Å². The molecule has 0 spiro atoms. The Balaban J connectivity index is 1.57. The van der Waals surface area contributed by atoms with E-state index in [1.807, 2.05) is 5.01 Å². The van der Waals surface area contributed by atoms with E-state index in [0.717, 1.165) is 18.5 Å². The van der Waals surface area contributed by atoms with Crippen LogP contribution in [0.25, 0.3) is 0 Å². The van der Waals surface area contributed by atoms with Crippen molar-refractivity contribution in [1.82, 2.24) is 10.0 Å². The number of hydrazine groups is 1. The van der Waals surface area contributed by atoms with Crippen LogP contribution >= 0.6 is 0 Å².